The summed E-state index contributed by atoms with van der Waals surface area (Å²) in [6, 6.07) is 63.0. The smallest absolute Gasteiger partial charge is 0.242 e. The minimum atomic E-state index is -4.30. The molecule has 7 aromatic carbocycles. The first-order chi connectivity index (χ1) is 37.1. The van der Waals surface area contributed by atoms with E-state index in [1.165, 1.54) is 24.3 Å². The molecule has 2 heterocycles. The molecular formula is C59H61IN2O12S2. The van der Waals surface area contributed by atoms with E-state index in [1.807, 2.05) is 152 Å². The molecular weight excluding hydrogens is 1120 g/mol. The number of nitrogens with one attached hydrogen (secondary N) is 2. The molecule has 17 heteroatoms. The zero-order valence-corrected chi connectivity index (χ0v) is 45.3. The van der Waals surface area contributed by atoms with Gasteiger partial charge in [-0.2, -0.15) is 4.72 Å². The van der Waals surface area contributed by atoms with Crippen molar-refractivity contribution in [2.45, 2.75) is 102 Å². The summed E-state index contributed by atoms with van der Waals surface area (Å²) in [6.07, 6.45) is -8.13. The molecule has 0 aromatic heterocycles. The van der Waals surface area contributed by atoms with E-state index < -0.39 is 79.2 Å². The number of alkyl halides is 1. The number of sulfonamides is 2. The maximum Gasteiger partial charge on any atom is 0.242 e. The second-order valence-corrected chi connectivity index (χ2v) is 23.2. The monoisotopic (exact) mass is 1180 g/mol. The van der Waals surface area contributed by atoms with E-state index in [0.29, 0.717) is 0 Å². The van der Waals surface area contributed by atoms with Crippen LogP contribution in [-0.4, -0.2) is 89.2 Å². The van der Waals surface area contributed by atoms with Crippen molar-refractivity contribution in [3.63, 3.8) is 0 Å². The van der Waals surface area contributed by atoms with Crippen LogP contribution in [0.2, 0.25) is 0 Å². The Kier molecular flexibility index (Phi) is 20.0. The number of hydrogen-bond donors (Lipinski definition) is 2. The summed E-state index contributed by atoms with van der Waals surface area (Å²) in [5, 5.41) is 0. The molecule has 2 aliphatic heterocycles. The van der Waals surface area contributed by atoms with Gasteiger partial charge in [0.15, 0.2) is 6.29 Å². The van der Waals surface area contributed by atoms with Crippen LogP contribution in [-0.2, 0) is 91.0 Å². The van der Waals surface area contributed by atoms with Crippen LogP contribution in [0.15, 0.2) is 222 Å². The lowest BCUT2D eigenvalue weighted by atomic mass is 9.96. The molecule has 7 aromatic rings. The number of benzene rings is 7. The van der Waals surface area contributed by atoms with Gasteiger partial charge in [0.25, 0.3) is 0 Å². The average Bonchev–Trinajstić information content (AvgIpc) is 3.48. The fourth-order valence-corrected chi connectivity index (χ4v) is 12.6. The molecule has 2 aliphatic rings. The molecule has 76 heavy (non-hydrogen) atoms. The van der Waals surface area contributed by atoms with Gasteiger partial charge in [-0.1, -0.05) is 211 Å². The van der Waals surface area contributed by atoms with Crippen LogP contribution in [0.3, 0.4) is 0 Å². The van der Waals surface area contributed by atoms with Gasteiger partial charge in [-0.25, -0.2) is 21.6 Å². The zero-order valence-electron chi connectivity index (χ0n) is 41.5. The first-order valence-electron chi connectivity index (χ1n) is 25.0. The fraction of sp³-hybridized carbons (Fsp3) is 0.288. The van der Waals surface area contributed by atoms with E-state index in [0.717, 1.165) is 27.8 Å². The number of ether oxygens (including phenoxy) is 8. The molecule has 0 amide bonds. The topological polar surface area (TPSA) is 166 Å². The van der Waals surface area contributed by atoms with Crippen LogP contribution in [0.5, 0.6) is 0 Å². The van der Waals surface area contributed by atoms with Crippen molar-refractivity contribution in [3.8, 4) is 0 Å². The highest BCUT2D eigenvalue weighted by Crippen LogP contribution is 2.35. The molecule has 9 rings (SSSR count). The van der Waals surface area contributed by atoms with Crippen LogP contribution >= 0.6 is 22.6 Å². The molecule has 0 bridgehead atoms. The Labute approximate surface area is 459 Å². The van der Waals surface area contributed by atoms with Crippen molar-refractivity contribution in [1.29, 1.82) is 0 Å². The minimum Gasteiger partial charge on any atom is -0.374 e. The molecule has 14 nitrogen and oxygen atoms in total. The summed E-state index contributed by atoms with van der Waals surface area (Å²) >= 11 is 2.16. The number of halogens is 1. The summed E-state index contributed by atoms with van der Waals surface area (Å²) in [5.41, 5.74) is 4.42. The first kappa shape index (κ1) is 55.5. The molecule has 10 atom stereocenters. The third-order valence-electron chi connectivity index (χ3n) is 12.9. The predicted molar refractivity (Wildman–Crippen MR) is 295 cm³/mol. The quantitative estimate of drug-likeness (QED) is 0.0413. The molecule has 2 N–H and O–H groups in total. The Balaban J connectivity index is 1.09. The predicted octanol–water partition coefficient (Wildman–Crippen LogP) is 9.14. The van der Waals surface area contributed by atoms with Crippen LogP contribution in [0.25, 0.3) is 0 Å². The maximum absolute atomic E-state index is 14.6. The van der Waals surface area contributed by atoms with Crippen LogP contribution in [0.4, 0.5) is 0 Å². The van der Waals surface area contributed by atoms with Crippen LogP contribution in [0.1, 0.15) is 27.8 Å². The van der Waals surface area contributed by atoms with Crippen LogP contribution in [0, 0.1) is 0 Å². The molecule has 0 radical (unpaired) electrons. The second kappa shape index (κ2) is 27.4. The minimum absolute atomic E-state index is 0.00441. The van der Waals surface area contributed by atoms with Gasteiger partial charge in [-0.05, 0) is 52.1 Å². The third kappa shape index (κ3) is 15.3. The molecule has 398 valence electrons. The van der Waals surface area contributed by atoms with Crippen molar-refractivity contribution < 1.29 is 54.7 Å². The number of rotatable bonds is 25. The number of hydrogen-bond acceptors (Lipinski definition) is 12. The van der Waals surface area contributed by atoms with Crippen molar-refractivity contribution >= 4 is 42.6 Å². The lowest BCUT2D eigenvalue weighted by molar-refractivity contribution is -0.301. The summed E-state index contributed by atoms with van der Waals surface area (Å²) in [5.74, 6) is 0. The molecule has 2 saturated heterocycles. The Bertz CT molecular complexity index is 3040. The average molecular weight is 1180 g/mol. The van der Waals surface area contributed by atoms with Gasteiger partial charge in [0, 0.05) is 0 Å². The van der Waals surface area contributed by atoms with E-state index >= 15 is 0 Å². The van der Waals surface area contributed by atoms with Gasteiger partial charge in [-0.3, -0.25) is 0 Å². The van der Waals surface area contributed by atoms with Crippen LogP contribution < -0.4 is 9.44 Å². The lowest BCUT2D eigenvalue weighted by Crippen LogP contribution is -2.67. The molecule has 2 fully saturated rings. The van der Waals surface area contributed by atoms with E-state index in [-0.39, 0.29) is 56.0 Å². The van der Waals surface area contributed by atoms with Crippen molar-refractivity contribution in [2.75, 3.05) is 13.2 Å². The molecule has 0 aliphatic carbocycles. The summed E-state index contributed by atoms with van der Waals surface area (Å²) in [7, 11) is -8.44. The first-order valence-corrected chi connectivity index (χ1v) is 29.3. The van der Waals surface area contributed by atoms with Crippen molar-refractivity contribution in [2.24, 2.45) is 0 Å². The Morgan fingerprint density at radius 2 is 0.724 bits per heavy atom. The fourth-order valence-electron chi connectivity index (χ4n) is 9.02. The summed E-state index contributed by atoms with van der Waals surface area (Å²) in [4.78, 5) is 0.0603. The van der Waals surface area contributed by atoms with Gasteiger partial charge >= 0.3 is 0 Å². The van der Waals surface area contributed by atoms with E-state index in [2.05, 4.69) is 32.0 Å². The highest BCUT2D eigenvalue weighted by atomic mass is 127. The van der Waals surface area contributed by atoms with E-state index in [1.54, 1.807) is 36.4 Å². The van der Waals surface area contributed by atoms with Gasteiger partial charge in [0.05, 0.1) is 60.0 Å². The Morgan fingerprint density at radius 3 is 1.16 bits per heavy atom. The highest BCUT2D eigenvalue weighted by molar-refractivity contribution is 14.1. The van der Waals surface area contributed by atoms with Gasteiger partial charge < -0.3 is 37.9 Å². The standard InChI is InChI=1S/C59H61IN2O12S2/c60-52-56(70-39-46-28-14-4-15-29-46)54(68-37-44-24-10-2-11-25-44)51(73-58(52)62-76(65,66)49-34-20-7-21-35-49)42-72-59-53(61-75(63,64)48-32-18-6-19-33-48)57(71-40-47-30-16-5-17-31-47)55(69-38-45-26-12-3-13-27-45)50(74-59)41-67-36-43-22-8-1-9-23-43/h1-35,50-59,61-62H,36-42H2/t50-,51-,52+,53-,54-,55-,56-,57-,58+,59-/m1/s1. The van der Waals surface area contributed by atoms with Gasteiger partial charge in [0.1, 0.15) is 48.9 Å². The van der Waals surface area contributed by atoms with Crippen molar-refractivity contribution in [1.82, 2.24) is 9.44 Å². The normalized spacial score (nSPS) is 24.0. The summed E-state index contributed by atoms with van der Waals surface area (Å²) < 4.78 is 117. The second-order valence-electron chi connectivity index (χ2n) is 18.4. The molecule has 0 unspecified atom stereocenters. The zero-order chi connectivity index (χ0) is 52.6. The molecule has 0 saturated carbocycles. The molecule has 0 spiro atoms. The van der Waals surface area contributed by atoms with Gasteiger partial charge in [-0.15, -0.1) is 0 Å². The SMILES string of the molecule is O=S(=O)(N[C@H]1[C@H](OC[C@H]2O[C@H](NS(=O)(=O)c3ccccc3)[C@@H](I)[C@@H](OCc3ccccc3)[C@@H]2OCc2ccccc2)O[C@H](COCc2ccccc2)[C@@H](OCc2ccccc2)[C@@H]1OCc1ccccc1)c1ccccc1. The summed E-state index contributed by atoms with van der Waals surface area (Å²) in [6.45, 7) is 0.475. The lowest BCUT2D eigenvalue weighted by Gasteiger charge is -2.47. The van der Waals surface area contributed by atoms with E-state index in [4.69, 9.17) is 37.9 Å². The van der Waals surface area contributed by atoms with E-state index in [9.17, 15) is 16.8 Å². The highest BCUT2D eigenvalue weighted by Gasteiger charge is 2.52. The van der Waals surface area contributed by atoms with Crippen molar-refractivity contribution in [3.05, 3.63) is 240 Å². The Hall–Kier alpha value is -5.23. The largest absolute Gasteiger partial charge is 0.374 e. The maximum atomic E-state index is 14.6. The third-order valence-corrected chi connectivity index (χ3v) is 17.2. The van der Waals surface area contributed by atoms with Gasteiger partial charge in [0.2, 0.25) is 20.0 Å². The Morgan fingerprint density at radius 1 is 0.382 bits per heavy atom.